The van der Waals surface area contributed by atoms with E-state index < -0.39 is 5.56 Å². The van der Waals surface area contributed by atoms with Crippen LogP contribution in [0.25, 0.3) is 0 Å². The molecule has 1 saturated carbocycles. The molecule has 0 unspecified atom stereocenters. The van der Waals surface area contributed by atoms with Gasteiger partial charge in [0, 0.05) is 11.7 Å². The van der Waals surface area contributed by atoms with Crippen molar-refractivity contribution in [2.24, 2.45) is 5.10 Å². The molecule has 7 nitrogen and oxygen atoms in total. The third-order valence-electron chi connectivity index (χ3n) is 4.48. The minimum Gasteiger partial charge on any atom is -0.494 e. The molecule has 1 aliphatic carbocycles. The van der Waals surface area contributed by atoms with Crippen molar-refractivity contribution in [2.45, 2.75) is 38.1 Å². The maximum atomic E-state index is 12.2. The van der Waals surface area contributed by atoms with E-state index in [-0.39, 0.29) is 27.4 Å². The fourth-order valence-electron chi connectivity index (χ4n) is 3.18. The van der Waals surface area contributed by atoms with Crippen LogP contribution < -0.4 is 16.3 Å². The molecular weight excluding hydrogens is 382 g/mol. The van der Waals surface area contributed by atoms with E-state index in [1.807, 2.05) is 30.3 Å². The van der Waals surface area contributed by atoms with Gasteiger partial charge in [0.2, 0.25) is 5.88 Å². The molecule has 1 aromatic heterocycles. The summed E-state index contributed by atoms with van der Waals surface area (Å²) in [5, 5.41) is 17.8. The van der Waals surface area contributed by atoms with Crippen molar-refractivity contribution in [2.75, 3.05) is 5.32 Å². The number of nitrogens with zero attached hydrogens (tertiary/aromatic N) is 2. The molecule has 0 spiro atoms. The highest BCUT2D eigenvalue weighted by atomic mass is 32.1. The molecule has 2 aromatic rings. The van der Waals surface area contributed by atoms with Crippen molar-refractivity contribution in [3.63, 3.8) is 0 Å². The predicted molar refractivity (Wildman–Crippen MR) is 113 cm³/mol. The van der Waals surface area contributed by atoms with E-state index in [0.717, 1.165) is 31.4 Å². The lowest BCUT2D eigenvalue weighted by molar-refractivity contribution is 0.303. The molecule has 1 fully saturated rings. The van der Waals surface area contributed by atoms with Crippen LogP contribution in [0.2, 0.25) is 0 Å². The number of thiocarbonyl (C=S) groups is 1. The second kappa shape index (κ2) is 8.92. The topological polar surface area (TPSA) is 94.4 Å². The summed E-state index contributed by atoms with van der Waals surface area (Å²) in [5.74, 6) is -0.164. The van der Waals surface area contributed by atoms with Gasteiger partial charge in [0.15, 0.2) is 9.88 Å². The lowest BCUT2D eigenvalue weighted by atomic mass is 9.95. The van der Waals surface area contributed by atoms with E-state index in [0.29, 0.717) is 0 Å². The Balaban J connectivity index is 1.76. The monoisotopic (exact) mass is 403 g/mol. The van der Waals surface area contributed by atoms with Crippen molar-refractivity contribution in [3.8, 4) is 5.88 Å². The van der Waals surface area contributed by atoms with E-state index in [4.69, 9.17) is 24.4 Å². The Morgan fingerprint density at radius 3 is 2.67 bits per heavy atom. The second-order valence-electron chi connectivity index (χ2n) is 6.35. The third kappa shape index (κ3) is 4.81. The largest absolute Gasteiger partial charge is 0.494 e. The Bertz CT molecular complexity index is 946. The Labute approximate surface area is 167 Å². The van der Waals surface area contributed by atoms with Crippen LogP contribution in [0.4, 0.5) is 5.69 Å². The van der Waals surface area contributed by atoms with Crippen LogP contribution in [0.3, 0.4) is 0 Å². The maximum Gasteiger partial charge on any atom is 0.264 e. The standard InChI is InChI=1S/C18H21N5O2S2/c24-15-14(11-19-22-17(26)20-12-7-3-1-4-8-12)16(25)23(18(27)21-15)13-9-5-2-6-10-13/h1,3-4,7-8,11,13,25H,2,5-6,9-10H2,(H2,20,22,26)(H,21,24,27)/b19-11-. The number of anilines is 1. The summed E-state index contributed by atoms with van der Waals surface area (Å²) in [6, 6.07) is 9.48. The number of hydrogen-bond donors (Lipinski definition) is 4. The first-order chi connectivity index (χ1) is 13.1. The number of H-pyrrole nitrogens is 1. The summed E-state index contributed by atoms with van der Waals surface area (Å²) in [5.41, 5.74) is 3.01. The zero-order chi connectivity index (χ0) is 19.2. The first kappa shape index (κ1) is 19.2. The SMILES string of the molecule is O=c1[nH]c(=S)n(C2CCCCC2)c(O)c1/C=N\NC(=S)Nc1ccccc1. The Morgan fingerprint density at radius 2 is 1.96 bits per heavy atom. The third-order valence-corrected chi connectivity index (χ3v) is 4.98. The second-order valence-corrected chi connectivity index (χ2v) is 7.14. The molecule has 0 atom stereocenters. The minimum absolute atomic E-state index is 0.0455. The average molecular weight is 404 g/mol. The number of rotatable bonds is 4. The van der Waals surface area contributed by atoms with Gasteiger partial charge in [-0.25, -0.2) is 0 Å². The van der Waals surface area contributed by atoms with Gasteiger partial charge in [0.25, 0.3) is 5.56 Å². The van der Waals surface area contributed by atoms with Crippen molar-refractivity contribution >= 4 is 41.5 Å². The molecule has 1 aliphatic rings. The van der Waals surface area contributed by atoms with E-state index in [1.165, 1.54) is 12.6 Å². The lowest BCUT2D eigenvalue weighted by Crippen LogP contribution is -2.25. The van der Waals surface area contributed by atoms with Gasteiger partial charge in [-0.05, 0) is 49.4 Å². The summed E-state index contributed by atoms with van der Waals surface area (Å²) in [7, 11) is 0. The molecular formula is C18H21N5O2S2. The number of benzene rings is 1. The van der Waals surface area contributed by atoms with Crippen molar-refractivity contribution in [1.82, 2.24) is 15.0 Å². The minimum atomic E-state index is -0.489. The van der Waals surface area contributed by atoms with E-state index >= 15 is 0 Å². The fraction of sp³-hybridized carbons (Fsp3) is 0.333. The number of para-hydroxylation sites is 1. The van der Waals surface area contributed by atoms with Crippen LogP contribution in [0, 0.1) is 4.77 Å². The fourth-order valence-corrected chi connectivity index (χ4v) is 3.68. The molecule has 142 valence electrons. The highest BCUT2D eigenvalue weighted by Crippen LogP contribution is 2.31. The van der Waals surface area contributed by atoms with Crippen LogP contribution >= 0.6 is 24.4 Å². The van der Waals surface area contributed by atoms with E-state index in [1.54, 1.807) is 4.57 Å². The predicted octanol–water partition coefficient (Wildman–Crippen LogP) is 3.44. The molecule has 4 N–H and O–H groups in total. The quantitative estimate of drug-likeness (QED) is 0.355. The van der Waals surface area contributed by atoms with Crippen molar-refractivity contribution < 1.29 is 5.11 Å². The number of aromatic hydroxyl groups is 1. The van der Waals surface area contributed by atoms with Crippen LogP contribution in [-0.2, 0) is 0 Å². The van der Waals surface area contributed by atoms with Gasteiger partial charge in [-0.15, -0.1) is 0 Å². The number of aromatic amines is 1. The molecule has 0 saturated heterocycles. The molecule has 1 aromatic carbocycles. The van der Waals surface area contributed by atoms with Crippen molar-refractivity contribution in [1.29, 1.82) is 0 Å². The summed E-state index contributed by atoms with van der Waals surface area (Å²) >= 11 is 10.4. The number of hydrazone groups is 1. The van der Waals surface area contributed by atoms with Gasteiger partial charge in [0.05, 0.1) is 6.21 Å². The smallest absolute Gasteiger partial charge is 0.264 e. The van der Waals surface area contributed by atoms with Gasteiger partial charge in [-0.1, -0.05) is 37.5 Å². The Kier molecular flexibility index (Phi) is 6.36. The zero-order valence-electron chi connectivity index (χ0n) is 14.6. The summed E-state index contributed by atoms with van der Waals surface area (Å²) < 4.78 is 1.86. The van der Waals surface area contributed by atoms with Gasteiger partial charge >= 0.3 is 0 Å². The van der Waals surface area contributed by atoms with Gasteiger partial charge < -0.3 is 10.4 Å². The van der Waals surface area contributed by atoms with Crippen LogP contribution in [0.5, 0.6) is 5.88 Å². The molecule has 1 heterocycles. The zero-order valence-corrected chi connectivity index (χ0v) is 16.3. The Morgan fingerprint density at radius 1 is 1.26 bits per heavy atom. The van der Waals surface area contributed by atoms with Gasteiger partial charge in [-0.3, -0.25) is 19.8 Å². The molecule has 0 aliphatic heterocycles. The molecule has 27 heavy (non-hydrogen) atoms. The first-order valence-corrected chi connectivity index (χ1v) is 9.61. The molecule has 3 rings (SSSR count). The van der Waals surface area contributed by atoms with Crippen LogP contribution in [0.1, 0.15) is 43.7 Å². The van der Waals surface area contributed by atoms with E-state index in [2.05, 4.69) is 20.8 Å². The average Bonchev–Trinajstić information content (AvgIpc) is 2.66. The maximum absolute atomic E-state index is 12.2. The highest BCUT2D eigenvalue weighted by Gasteiger charge is 2.21. The van der Waals surface area contributed by atoms with E-state index in [9.17, 15) is 9.90 Å². The molecule has 0 radical (unpaired) electrons. The number of aromatic nitrogens is 2. The lowest BCUT2D eigenvalue weighted by Gasteiger charge is -2.25. The number of nitrogens with one attached hydrogen (secondary N) is 3. The molecule has 0 bridgehead atoms. The summed E-state index contributed by atoms with van der Waals surface area (Å²) in [4.78, 5) is 14.8. The number of hydrogen-bond acceptors (Lipinski definition) is 5. The normalized spacial score (nSPS) is 15.0. The van der Waals surface area contributed by atoms with Gasteiger partial charge in [-0.2, -0.15) is 5.10 Å². The molecule has 9 heteroatoms. The van der Waals surface area contributed by atoms with Crippen LogP contribution in [0.15, 0.2) is 40.2 Å². The Hall–Kier alpha value is -2.52. The molecule has 0 amide bonds. The van der Waals surface area contributed by atoms with Gasteiger partial charge in [0.1, 0.15) is 5.56 Å². The first-order valence-electron chi connectivity index (χ1n) is 8.79. The summed E-state index contributed by atoms with van der Waals surface area (Å²) in [6.07, 6.45) is 6.44. The van der Waals surface area contributed by atoms with Crippen molar-refractivity contribution in [3.05, 3.63) is 51.0 Å². The highest BCUT2D eigenvalue weighted by molar-refractivity contribution is 7.80. The van der Waals surface area contributed by atoms with Crippen LogP contribution in [-0.4, -0.2) is 26.0 Å². The summed E-state index contributed by atoms with van der Waals surface area (Å²) in [6.45, 7) is 0.